The maximum absolute atomic E-state index is 2.26. The Hall–Kier alpha value is -1.04. The monoisotopic (exact) mass is 185 g/mol. The van der Waals surface area contributed by atoms with E-state index in [-0.39, 0.29) is 0 Å². The summed E-state index contributed by atoms with van der Waals surface area (Å²) in [5, 5.41) is 0. The van der Waals surface area contributed by atoms with Crippen LogP contribution in [0, 0.1) is 6.42 Å². The van der Waals surface area contributed by atoms with Crippen molar-refractivity contribution in [3.05, 3.63) is 47.4 Å². The Balaban J connectivity index is 2.10. The molecule has 0 amide bonds. The Morgan fingerprint density at radius 2 is 2.07 bits per heavy atom. The highest BCUT2D eigenvalue weighted by Crippen LogP contribution is 2.25. The van der Waals surface area contributed by atoms with Crippen LogP contribution in [0.2, 0.25) is 0 Å². The van der Waals surface area contributed by atoms with Crippen LogP contribution in [0.15, 0.2) is 24.3 Å². The summed E-state index contributed by atoms with van der Waals surface area (Å²) in [7, 11) is 0. The molecule has 0 atom stereocenters. The molecule has 0 unspecified atom stereocenters. The maximum Gasteiger partial charge on any atom is 0.0131 e. The second-order valence-corrected chi connectivity index (χ2v) is 3.90. The van der Waals surface area contributed by atoms with E-state index in [0.717, 1.165) is 0 Å². The Labute approximate surface area is 86.7 Å². The van der Waals surface area contributed by atoms with Gasteiger partial charge in [-0.05, 0) is 29.5 Å². The minimum absolute atomic E-state index is 1.23. The molecule has 2 rings (SSSR count). The molecule has 0 saturated heterocycles. The van der Waals surface area contributed by atoms with Gasteiger partial charge in [-0.3, -0.25) is 0 Å². The van der Waals surface area contributed by atoms with E-state index in [0.29, 0.717) is 0 Å². The topological polar surface area (TPSA) is 0 Å². The fourth-order valence-electron chi connectivity index (χ4n) is 2.01. The lowest BCUT2D eigenvalue weighted by atomic mass is 9.99. The predicted molar refractivity (Wildman–Crippen MR) is 62.1 cm³/mol. The summed E-state index contributed by atoms with van der Waals surface area (Å²) < 4.78 is 0. The molecule has 1 radical (unpaired) electrons. The van der Waals surface area contributed by atoms with Crippen LogP contribution < -0.4 is 0 Å². The number of fused-ring (bicyclic) bond motifs is 1. The highest BCUT2D eigenvalue weighted by Gasteiger charge is 2.08. The third kappa shape index (κ3) is 1.89. The molecule has 0 N–H and O–H groups in total. The van der Waals surface area contributed by atoms with Crippen LogP contribution in [0.3, 0.4) is 0 Å². The fourth-order valence-corrected chi connectivity index (χ4v) is 2.01. The Morgan fingerprint density at radius 1 is 1.14 bits per heavy atom. The summed E-state index contributed by atoms with van der Waals surface area (Å²) in [5.74, 6) is 0. The zero-order chi connectivity index (χ0) is 9.80. The molecule has 0 spiro atoms. The third-order valence-electron chi connectivity index (χ3n) is 2.82. The number of rotatable bonds is 4. The standard InChI is InChI=1S/C14H17/c1-2-3-4-7-12-8-5-9-13-10-6-11-14(12)13/h5-6,8-11H,2-4,7H2,1H3. The van der Waals surface area contributed by atoms with Crippen LogP contribution in [0.4, 0.5) is 0 Å². The van der Waals surface area contributed by atoms with Gasteiger partial charge in [0.2, 0.25) is 0 Å². The molecule has 1 aromatic rings. The number of hydrogen-bond donors (Lipinski definition) is 0. The van der Waals surface area contributed by atoms with Crippen molar-refractivity contribution in [3.8, 4) is 0 Å². The number of unbranched alkanes of at least 4 members (excludes halogenated alkanes) is 2. The van der Waals surface area contributed by atoms with E-state index < -0.39 is 0 Å². The maximum atomic E-state index is 2.26. The molecule has 0 aliphatic heterocycles. The van der Waals surface area contributed by atoms with Crippen LogP contribution in [0.5, 0.6) is 0 Å². The van der Waals surface area contributed by atoms with E-state index in [1.165, 1.54) is 42.4 Å². The molecule has 0 saturated carbocycles. The molecule has 14 heavy (non-hydrogen) atoms. The van der Waals surface area contributed by atoms with Crippen molar-refractivity contribution in [2.45, 2.75) is 32.6 Å². The van der Waals surface area contributed by atoms with Gasteiger partial charge in [0.15, 0.2) is 0 Å². The largest absolute Gasteiger partial charge is 0.0754 e. The van der Waals surface area contributed by atoms with Gasteiger partial charge in [0.1, 0.15) is 0 Å². The van der Waals surface area contributed by atoms with E-state index in [2.05, 4.69) is 43.7 Å². The molecule has 0 fully saturated rings. The summed E-state index contributed by atoms with van der Waals surface area (Å²) in [6.45, 7) is 2.25. The molecule has 0 aromatic heterocycles. The van der Waals surface area contributed by atoms with E-state index in [1.807, 2.05) is 0 Å². The van der Waals surface area contributed by atoms with Gasteiger partial charge in [-0.15, -0.1) is 0 Å². The summed E-state index contributed by atoms with van der Waals surface area (Å²) in [6, 6.07) is 6.63. The van der Waals surface area contributed by atoms with E-state index in [1.54, 1.807) is 0 Å². The van der Waals surface area contributed by atoms with Crippen LogP contribution in [0.25, 0.3) is 6.08 Å². The molecular formula is C14H17. The normalized spacial score (nSPS) is 13.2. The summed E-state index contributed by atoms with van der Waals surface area (Å²) in [6.07, 6.45) is 11.8. The Morgan fingerprint density at radius 3 is 2.93 bits per heavy atom. The van der Waals surface area contributed by atoms with Crippen LogP contribution in [-0.2, 0) is 6.42 Å². The summed E-state index contributed by atoms with van der Waals surface area (Å²) in [5.41, 5.74) is 4.35. The quantitative estimate of drug-likeness (QED) is 0.622. The van der Waals surface area contributed by atoms with Gasteiger partial charge >= 0.3 is 0 Å². The minimum Gasteiger partial charge on any atom is -0.0754 e. The average molecular weight is 185 g/mol. The van der Waals surface area contributed by atoms with Gasteiger partial charge in [0.25, 0.3) is 0 Å². The average Bonchev–Trinajstić information content (AvgIpc) is 2.67. The van der Waals surface area contributed by atoms with Gasteiger partial charge in [-0.2, -0.15) is 0 Å². The van der Waals surface area contributed by atoms with Gasteiger partial charge in [-0.1, -0.05) is 50.1 Å². The van der Waals surface area contributed by atoms with Gasteiger partial charge < -0.3 is 0 Å². The smallest absolute Gasteiger partial charge is 0.0131 e. The van der Waals surface area contributed by atoms with Crippen LogP contribution >= 0.6 is 0 Å². The molecule has 0 heterocycles. The molecule has 73 valence electrons. The summed E-state index contributed by atoms with van der Waals surface area (Å²) >= 11 is 0. The lowest BCUT2D eigenvalue weighted by molar-refractivity contribution is 0.717. The van der Waals surface area contributed by atoms with Gasteiger partial charge in [0, 0.05) is 6.42 Å². The number of benzene rings is 1. The first-order chi connectivity index (χ1) is 6.92. The van der Waals surface area contributed by atoms with E-state index >= 15 is 0 Å². The lowest BCUT2D eigenvalue weighted by Gasteiger charge is -2.06. The van der Waals surface area contributed by atoms with Crippen LogP contribution in [-0.4, -0.2) is 0 Å². The molecule has 1 aliphatic carbocycles. The van der Waals surface area contributed by atoms with Crippen molar-refractivity contribution in [2.24, 2.45) is 0 Å². The zero-order valence-corrected chi connectivity index (χ0v) is 8.79. The lowest BCUT2D eigenvalue weighted by Crippen LogP contribution is -1.91. The third-order valence-corrected chi connectivity index (χ3v) is 2.82. The molecular weight excluding hydrogens is 168 g/mol. The second-order valence-electron chi connectivity index (χ2n) is 3.90. The highest BCUT2D eigenvalue weighted by atomic mass is 14.1. The molecule has 0 heteroatoms. The molecule has 1 aliphatic rings. The first-order valence-corrected chi connectivity index (χ1v) is 5.55. The first-order valence-electron chi connectivity index (χ1n) is 5.55. The van der Waals surface area contributed by atoms with Crippen molar-refractivity contribution >= 4 is 6.08 Å². The number of aryl methyl sites for hydroxylation is 1. The minimum atomic E-state index is 1.23. The van der Waals surface area contributed by atoms with Crippen molar-refractivity contribution in [1.82, 2.24) is 0 Å². The molecule has 0 nitrogen and oxygen atoms in total. The molecule has 1 aromatic carbocycles. The number of allylic oxidation sites excluding steroid dienone is 1. The Bertz CT molecular complexity index is 334. The SMILES string of the molecule is CCCCCc1cccc2c1C=C[CH]2. The second kappa shape index (κ2) is 4.45. The van der Waals surface area contributed by atoms with Gasteiger partial charge in [0.05, 0.1) is 0 Å². The summed E-state index contributed by atoms with van der Waals surface area (Å²) in [4.78, 5) is 0. The Kier molecular flexibility index (Phi) is 3.03. The van der Waals surface area contributed by atoms with Crippen molar-refractivity contribution in [3.63, 3.8) is 0 Å². The fraction of sp³-hybridized carbons (Fsp3) is 0.357. The van der Waals surface area contributed by atoms with Gasteiger partial charge in [-0.25, -0.2) is 0 Å². The predicted octanol–water partition coefficient (Wildman–Crippen LogP) is 4.00. The highest BCUT2D eigenvalue weighted by molar-refractivity contribution is 5.67. The van der Waals surface area contributed by atoms with Crippen molar-refractivity contribution < 1.29 is 0 Å². The first kappa shape index (κ1) is 9.51. The van der Waals surface area contributed by atoms with E-state index in [9.17, 15) is 0 Å². The zero-order valence-electron chi connectivity index (χ0n) is 8.79. The van der Waals surface area contributed by atoms with E-state index in [4.69, 9.17) is 0 Å². The van der Waals surface area contributed by atoms with Crippen LogP contribution in [0.1, 0.15) is 42.9 Å². The van der Waals surface area contributed by atoms with Crippen molar-refractivity contribution in [1.29, 1.82) is 0 Å². The molecule has 0 bridgehead atoms. The number of hydrogen-bond acceptors (Lipinski definition) is 0. The van der Waals surface area contributed by atoms with Crippen molar-refractivity contribution in [2.75, 3.05) is 0 Å².